The van der Waals surface area contributed by atoms with Crippen LogP contribution < -0.4 is 5.32 Å². The van der Waals surface area contributed by atoms with Crippen LogP contribution in [-0.2, 0) is 9.59 Å². The van der Waals surface area contributed by atoms with Crippen molar-refractivity contribution in [2.75, 3.05) is 53.4 Å². The molecule has 6 heteroatoms. The van der Waals surface area contributed by atoms with E-state index in [4.69, 9.17) is 0 Å². The largest absolute Gasteiger partial charge is 0.326 e. The van der Waals surface area contributed by atoms with Gasteiger partial charge in [0.2, 0.25) is 5.91 Å². The van der Waals surface area contributed by atoms with Crippen molar-refractivity contribution in [2.24, 2.45) is 17.8 Å². The van der Waals surface area contributed by atoms with Crippen LogP contribution in [-0.4, -0.2) is 91.8 Å². The fraction of sp³-hybridized carbons (Fsp3) is 0.920. The summed E-state index contributed by atoms with van der Waals surface area (Å²) < 4.78 is 0. The maximum absolute atomic E-state index is 13.4. The maximum atomic E-state index is 13.4. The van der Waals surface area contributed by atoms with Crippen LogP contribution in [0.2, 0.25) is 0 Å². The third-order valence-electron chi connectivity index (χ3n) is 6.94. The minimum atomic E-state index is -0.708. The summed E-state index contributed by atoms with van der Waals surface area (Å²) in [6, 6.07) is -0.164. The Balaban J connectivity index is 2.05. The molecule has 2 atom stereocenters. The van der Waals surface area contributed by atoms with Crippen molar-refractivity contribution in [1.29, 1.82) is 0 Å². The first-order chi connectivity index (χ1) is 14.7. The van der Waals surface area contributed by atoms with Crippen molar-refractivity contribution in [1.82, 2.24) is 20.0 Å². The highest BCUT2D eigenvalue weighted by Gasteiger charge is 2.45. The predicted molar refractivity (Wildman–Crippen MR) is 128 cm³/mol. The maximum Gasteiger partial charge on any atom is 0.240 e. The number of likely N-dealkylation sites (tertiary alicyclic amines) is 1. The first kappa shape index (κ1) is 26.3. The Labute approximate surface area is 191 Å². The number of hydrogen-bond donors (Lipinski definition) is 1. The zero-order chi connectivity index (χ0) is 23.0. The van der Waals surface area contributed by atoms with E-state index in [1.165, 1.54) is 25.7 Å². The van der Waals surface area contributed by atoms with Crippen LogP contribution in [0.1, 0.15) is 66.2 Å². The lowest BCUT2D eigenvalue weighted by Gasteiger charge is -2.48. The molecule has 6 nitrogen and oxygen atoms in total. The molecule has 0 unspecified atom stereocenters. The van der Waals surface area contributed by atoms with Crippen LogP contribution in [0.3, 0.4) is 0 Å². The van der Waals surface area contributed by atoms with Gasteiger partial charge in [-0.15, -0.1) is 0 Å². The van der Waals surface area contributed by atoms with Crippen molar-refractivity contribution < 1.29 is 9.59 Å². The minimum Gasteiger partial charge on any atom is -0.326 e. The molecule has 2 aliphatic heterocycles. The van der Waals surface area contributed by atoms with Gasteiger partial charge in [-0.05, 0) is 90.0 Å². The van der Waals surface area contributed by atoms with Gasteiger partial charge >= 0.3 is 0 Å². The smallest absolute Gasteiger partial charge is 0.240 e. The molecule has 0 radical (unpaired) electrons. The van der Waals surface area contributed by atoms with Crippen molar-refractivity contribution in [3.05, 3.63) is 0 Å². The summed E-state index contributed by atoms with van der Waals surface area (Å²) in [4.78, 5) is 32.7. The van der Waals surface area contributed by atoms with E-state index in [1.54, 1.807) is 0 Å². The second-order valence-electron chi connectivity index (χ2n) is 11.1. The number of aldehydes is 1. The highest BCUT2D eigenvalue weighted by atomic mass is 16.2. The van der Waals surface area contributed by atoms with E-state index in [9.17, 15) is 9.59 Å². The molecule has 0 bridgehead atoms. The molecule has 1 amide bonds. The van der Waals surface area contributed by atoms with E-state index in [0.717, 1.165) is 51.2 Å². The Morgan fingerprint density at radius 2 is 1.81 bits per heavy atom. The van der Waals surface area contributed by atoms with Gasteiger partial charge in [0.15, 0.2) is 0 Å². The summed E-state index contributed by atoms with van der Waals surface area (Å²) in [5.74, 6) is 1.72. The number of piperidine rings is 1. The summed E-state index contributed by atoms with van der Waals surface area (Å²) in [6.45, 7) is 13.9. The van der Waals surface area contributed by atoms with Gasteiger partial charge < -0.3 is 24.8 Å². The van der Waals surface area contributed by atoms with E-state index in [-0.39, 0.29) is 11.9 Å². The van der Waals surface area contributed by atoms with Crippen molar-refractivity contribution in [2.45, 2.75) is 77.8 Å². The van der Waals surface area contributed by atoms with E-state index in [2.05, 4.69) is 56.9 Å². The molecule has 0 aromatic carbocycles. The molecule has 0 aromatic heterocycles. The van der Waals surface area contributed by atoms with Gasteiger partial charge in [-0.3, -0.25) is 4.79 Å². The van der Waals surface area contributed by atoms with Gasteiger partial charge in [0, 0.05) is 19.6 Å². The topological polar surface area (TPSA) is 55.9 Å². The van der Waals surface area contributed by atoms with E-state index >= 15 is 0 Å². The number of nitrogens with one attached hydrogen (secondary N) is 1. The zero-order valence-corrected chi connectivity index (χ0v) is 21.0. The van der Waals surface area contributed by atoms with Crippen molar-refractivity contribution >= 4 is 12.2 Å². The number of nitrogens with zero attached hydrogens (tertiary/aromatic N) is 3. The van der Waals surface area contributed by atoms with Crippen LogP contribution in [0.4, 0.5) is 0 Å². The summed E-state index contributed by atoms with van der Waals surface area (Å²) in [7, 11) is 4.28. The fourth-order valence-corrected chi connectivity index (χ4v) is 5.47. The third-order valence-corrected chi connectivity index (χ3v) is 6.94. The number of amides is 1. The van der Waals surface area contributed by atoms with E-state index in [1.807, 2.05) is 4.90 Å². The van der Waals surface area contributed by atoms with Gasteiger partial charge in [-0.25, -0.2) is 0 Å². The Hall–Kier alpha value is -0.980. The highest BCUT2D eigenvalue weighted by molar-refractivity contribution is 5.87. The van der Waals surface area contributed by atoms with Crippen LogP contribution >= 0.6 is 0 Å². The van der Waals surface area contributed by atoms with Gasteiger partial charge in [-0.1, -0.05) is 27.7 Å². The molecule has 0 saturated carbocycles. The first-order valence-corrected chi connectivity index (χ1v) is 12.5. The Bertz CT molecular complexity index is 558. The second kappa shape index (κ2) is 12.3. The van der Waals surface area contributed by atoms with Crippen LogP contribution in [0.15, 0.2) is 0 Å². The number of piperazine rings is 1. The molecule has 2 aliphatic rings. The highest BCUT2D eigenvalue weighted by Crippen LogP contribution is 2.30. The lowest BCUT2D eigenvalue weighted by molar-refractivity contribution is -0.149. The summed E-state index contributed by atoms with van der Waals surface area (Å²) >= 11 is 0. The summed E-state index contributed by atoms with van der Waals surface area (Å²) in [5, 5.41) is 3.39. The minimum absolute atomic E-state index is 0.117. The average molecular weight is 437 g/mol. The standard InChI is InChI=1S/C25H48N4O2/c1-20(2)16-23-24(31)29(15-11-26-23)25(19-30,17-21(3)4)18-28-13-9-22(10-14-28)8-7-12-27(5)6/h19-23,26H,7-18H2,1-6H3/t23-,25+/m0/s1. The molecule has 2 heterocycles. The average Bonchev–Trinajstić information content (AvgIpc) is 2.69. The van der Waals surface area contributed by atoms with Gasteiger partial charge in [0.25, 0.3) is 0 Å². The number of carbonyl (C=O) groups is 2. The normalized spacial score (nSPS) is 23.7. The molecule has 0 aliphatic carbocycles. The Morgan fingerprint density at radius 1 is 1.13 bits per heavy atom. The fourth-order valence-electron chi connectivity index (χ4n) is 5.47. The SMILES string of the molecule is CC(C)C[C@@H]1NCCN([C@](C=O)(CC(C)C)CN2CCC(CCCN(C)C)CC2)C1=O. The molecular formula is C25H48N4O2. The zero-order valence-electron chi connectivity index (χ0n) is 21.0. The summed E-state index contributed by atoms with van der Waals surface area (Å²) in [5.41, 5.74) is -0.708. The predicted octanol–water partition coefficient (Wildman–Crippen LogP) is 2.87. The molecule has 31 heavy (non-hydrogen) atoms. The van der Waals surface area contributed by atoms with Crippen molar-refractivity contribution in [3.63, 3.8) is 0 Å². The lowest BCUT2D eigenvalue weighted by atomic mass is 9.84. The molecule has 0 aromatic rings. The van der Waals surface area contributed by atoms with E-state index in [0.29, 0.717) is 24.9 Å². The van der Waals surface area contributed by atoms with Crippen LogP contribution in [0, 0.1) is 17.8 Å². The molecular weight excluding hydrogens is 388 g/mol. The molecule has 0 spiro atoms. The Morgan fingerprint density at radius 3 is 2.35 bits per heavy atom. The monoisotopic (exact) mass is 436 g/mol. The quantitative estimate of drug-likeness (QED) is 0.477. The first-order valence-electron chi connectivity index (χ1n) is 12.5. The van der Waals surface area contributed by atoms with Gasteiger partial charge in [-0.2, -0.15) is 0 Å². The molecule has 1 N–H and O–H groups in total. The van der Waals surface area contributed by atoms with Crippen molar-refractivity contribution in [3.8, 4) is 0 Å². The molecule has 2 saturated heterocycles. The van der Waals surface area contributed by atoms with Gasteiger partial charge in [0.05, 0.1) is 6.04 Å². The van der Waals surface area contributed by atoms with Gasteiger partial charge in [0.1, 0.15) is 11.8 Å². The second-order valence-corrected chi connectivity index (χ2v) is 11.1. The number of carbonyl (C=O) groups excluding carboxylic acids is 2. The molecule has 180 valence electrons. The summed E-state index contributed by atoms with van der Waals surface area (Å²) in [6.07, 6.45) is 7.63. The number of hydrogen-bond acceptors (Lipinski definition) is 5. The molecule has 2 fully saturated rings. The third kappa shape index (κ3) is 7.83. The Kier molecular flexibility index (Phi) is 10.4. The lowest BCUT2D eigenvalue weighted by Crippen LogP contribution is -2.67. The van der Waals surface area contributed by atoms with Crippen LogP contribution in [0.5, 0.6) is 0 Å². The molecule has 2 rings (SSSR count). The number of rotatable bonds is 12. The van der Waals surface area contributed by atoms with Crippen LogP contribution in [0.25, 0.3) is 0 Å². The van der Waals surface area contributed by atoms with E-state index < -0.39 is 5.54 Å².